The van der Waals surface area contributed by atoms with Crippen molar-refractivity contribution in [2.24, 2.45) is 5.92 Å². The zero-order chi connectivity index (χ0) is 7.82. The summed E-state index contributed by atoms with van der Waals surface area (Å²) in [5.74, 6) is -0.260. The quantitative estimate of drug-likeness (QED) is 0.583. The van der Waals surface area contributed by atoms with Gasteiger partial charge in [0.2, 0.25) is 0 Å². The number of nitrogens with zero attached hydrogens (tertiary/aromatic N) is 3. The van der Waals surface area contributed by atoms with Crippen LogP contribution in [-0.2, 0) is 0 Å². The summed E-state index contributed by atoms with van der Waals surface area (Å²) < 4.78 is 0. The number of rotatable bonds is 3. The molecule has 0 aromatic carbocycles. The topological polar surface area (TPSA) is 71.4 Å². The minimum atomic E-state index is -0.260. The van der Waals surface area contributed by atoms with Crippen molar-refractivity contribution in [3.05, 3.63) is 0 Å². The molecular formula is C7H7N3. The first-order valence-electron chi connectivity index (χ1n) is 2.98. The van der Waals surface area contributed by atoms with Gasteiger partial charge in [-0.1, -0.05) is 0 Å². The Balaban J connectivity index is 3.57. The predicted octanol–water partition coefficient (Wildman–Crippen LogP) is 1.34. The van der Waals surface area contributed by atoms with E-state index < -0.39 is 0 Å². The molecule has 1 unspecified atom stereocenters. The van der Waals surface area contributed by atoms with Gasteiger partial charge in [-0.15, -0.1) is 0 Å². The minimum Gasteiger partial charge on any atom is -0.198 e. The molecule has 0 fully saturated rings. The van der Waals surface area contributed by atoms with E-state index in [-0.39, 0.29) is 12.3 Å². The highest BCUT2D eigenvalue weighted by Crippen LogP contribution is 2.07. The molecule has 0 saturated heterocycles. The molecule has 0 amide bonds. The largest absolute Gasteiger partial charge is 0.198 e. The standard InChI is InChI=1S/C7H7N3/c8-4-1-2-7(6-10)3-5-9/h7H,1-3H2. The SMILES string of the molecule is N#CCCC(C#N)CC#N. The molecule has 0 aliphatic rings. The van der Waals surface area contributed by atoms with E-state index in [0.717, 1.165) is 0 Å². The highest BCUT2D eigenvalue weighted by molar-refractivity contribution is 4.91. The number of hydrogen-bond acceptors (Lipinski definition) is 3. The summed E-state index contributed by atoms with van der Waals surface area (Å²) in [4.78, 5) is 0. The summed E-state index contributed by atoms with van der Waals surface area (Å²) in [5, 5.41) is 24.7. The van der Waals surface area contributed by atoms with Crippen LogP contribution in [0.4, 0.5) is 0 Å². The van der Waals surface area contributed by atoms with Crippen molar-refractivity contribution in [3.8, 4) is 18.2 Å². The third-order valence-corrected chi connectivity index (χ3v) is 1.12. The Morgan fingerprint density at radius 2 is 1.80 bits per heavy atom. The molecule has 0 spiro atoms. The molecule has 0 heterocycles. The van der Waals surface area contributed by atoms with Crippen LogP contribution in [0.2, 0.25) is 0 Å². The van der Waals surface area contributed by atoms with E-state index in [1.807, 2.05) is 18.2 Å². The van der Waals surface area contributed by atoms with Crippen LogP contribution < -0.4 is 0 Å². The molecule has 0 saturated carbocycles. The third kappa shape index (κ3) is 3.47. The van der Waals surface area contributed by atoms with E-state index in [1.165, 1.54) is 0 Å². The van der Waals surface area contributed by atoms with Gasteiger partial charge in [-0.2, -0.15) is 15.8 Å². The summed E-state index contributed by atoms with van der Waals surface area (Å²) in [5.41, 5.74) is 0. The van der Waals surface area contributed by atoms with Gasteiger partial charge in [0.15, 0.2) is 0 Å². The second-order valence-corrected chi connectivity index (χ2v) is 1.89. The van der Waals surface area contributed by atoms with Crippen LogP contribution in [0.3, 0.4) is 0 Å². The minimum absolute atomic E-state index is 0.234. The van der Waals surface area contributed by atoms with E-state index in [4.69, 9.17) is 15.8 Å². The van der Waals surface area contributed by atoms with E-state index in [0.29, 0.717) is 12.8 Å². The molecule has 3 heteroatoms. The highest BCUT2D eigenvalue weighted by atomic mass is 14.3. The average molecular weight is 133 g/mol. The molecule has 50 valence electrons. The van der Waals surface area contributed by atoms with Crippen molar-refractivity contribution in [1.82, 2.24) is 0 Å². The second kappa shape index (κ2) is 5.60. The van der Waals surface area contributed by atoms with E-state index in [1.54, 1.807) is 0 Å². The van der Waals surface area contributed by atoms with Crippen LogP contribution in [0.5, 0.6) is 0 Å². The Kier molecular flexibility index (Phi) is 4.75. The Bertz CT molecular complexity index is 200. The summed E-state index contributed by atoms with van der Waals surface area (Å²) in [6, 6.07) is 5.79. The lowest BCUT2D eigenvalue weighted by atomic mass is 10.0. The van der Waals surface area contributed by atoms with Crippen molar-refractivity contribution >= 4 is 0 Å². The fraction of sp³-hybridized carbons (Fsp3) is 0.571. The zero-order valence-electron chi connectivity index (χ0n) is 5.54. The fourth-order valence-corrected chi connectivity index (χ4v) is 0.561. The van der Waals surface area contributed by atoms with Crippen molar-refractivity contribution in [2.75, 3.05) is 0 Å². The average Bonchev–Trinajstić information content (AvgIpc) is 1.98. The number of nitriles is 3. The van der Waals surface area contributed by atoms with Gasteiger partial charge in [0.1, 0.15) is 0 Å². The van der Waals surface area contributed by atoms with Crippen LogP contribution in [-0.4, -0.2) is 0 Å². The van der Waals surface area contributed by atoms with Crippen LogP contribution in [0, 0.1) is 39.9 Å². The van der Waals surface area contributed by atoms with Crippen LogP contribution >= 0.6 is 0 Å². The molecule has 0 aromatic heterocycles. The monoisotopic (exact) mass is 133 g/mol. The van der Waals surface area contributed by atoms with Crippen molar-refractivity contribution in [3.63, 3.8) is 0 Å². The Morgan fingerprint density at radius 1 is 1.10 bits per heavy atom. The van der Waals surface area contributed by atoms with Gasteiger partial charge in [-0.25, -0.2) is 0 Å². The van der Waals surface area contributed by atoms with Crippen molar-refractivity contribution in [2.45, 2.75) is 19.3 Å². The maximum atomic E-state index is 8.37. The maximum Gasteiger partial charge on any atom is 0.0666 e. The van der Waals surface area contributed by atoms with Crippen LogP contribution in [0.1, 0.15) is 19.3 Å². The lowest BCUT2D eigenvalue weighted by molar-refractivity contribution is 0.629. The van der Waals surface area contributed by atoms with Gasteiger partial charge in [-0.3, -0.25) is 0 Å². The molecule has 0 aliphatic heterocycles. The summed E-state index contributed by atoms with van der Waals surface area (Å²) >= 11 is 0. The van der Waals surface area contributed by atoms with Gasteiger partial charge in [-0.05, 0) is 6.42 Å². The second-order valence-electron chi connectivity index (χ2n) is 1.89. The fourth-order valence-electron chi connectivity index (χ4n) is 0.561. The van der Waals surface area contributed by atoms with Crippen LogP contribution in [0.15, 0.2) is 0 Å². The molecule has 0 N–H and O–H groups in total. The number of hydrogen-bond donors (Lipinski definition) is 0. The van der Waals surface area contributed by atoms with Crippen LogP contribution in [0.25, 0.3) is 0 Å². The lowest BCUT2D eigenvalue weighted by Gasteiger charge is -1.96. The van der Waals surface area contributed by atoms with Gasteiger partial charge < -0.3 is 0 Å². The first-order chi connectivity index (χ1) is 4.85. The van der Waals surface area contributed by atoms with E-state index in [9.17, 15) is 0 Å². The molecule has 3 nitrogen and oxygen atoms in total. The summed E-state index contributed by atoms with van der Waals surface area (Å²) in [6.07, 6.45) is 1.11. The van der Waals surface area contributed by atoms with E-state index >= 15 is 0 Å². The smallest absolute Gasteiger partial charge is 0.0666 e. The highest BCUT2D eigenvalue weighted by Gasteiger charge is 2.04. The Morgan fingerprint density at radius 3 is 2.20 bits per heavy atom. The van der Waals surface area contributed by atoms with E-state index in [2.05, 4.69) is 0 Å². The molecule has 0 aliphatic carbocycles. The molecule has 0 radical (unpaired) electrons. The molecule has 0 aromatic rings. The van der Waals surface area contributed by atoms with Gasteiger partial charge in [0, 0.05) is 6.42 Å². The predicted molar refractivity (Wildman–Crippen MR) is 34.2 cm³/mol. The molecule has 10 heavy (non-hydrogen) atoms. The molecular weight excluding hydrogens is 126 g/mol. The molecule has 0 bridgehead atoms. The maximum absolute atomic E-state index is 8.37. The Labute approximate surface area is 60.1 Å². The zero-order valence-corrected chi connectivity index (χ0v) is 5.54. The summed E-state index contributed by atoms with van der Waals surface area (Å²) in [7, 11) is 0. The van der Waals surface area contributed by atoms with Gasteiger partial charge in [0.25, 0.3) is 0 Å². The van der Waals surface area contributed by atoms with Crippen molar-refractivity contribution in [1.29, 1.82) is 15.8 Å². The normalized spacial score (nSPS) is 10.5. The van der Waals surface area contributed by atoms with Crippen molar-refractivity contribution < 1.29 is 0 Å². The molecule has 0 rings (SSSR count). The first kappa shape index (κ1) is 8.47. The molecule has 1 atom stereocenters. The summed E-state index contributed by atoms with van der Waals surface area (Å²) in [6.45, 7) is 0. The first-order valence-corrected chi connectivity index (χ1v) is 2.98. The third-order valence-electron chi connectivity index (χ3n) is 1.12. The van der Waals surface area contributed by atoms with Gasteiger partial charge >= 0.3 is 0 Å². The van der Waals surface area contributed by atoms with Gasteiger partial charge in [0.05, 0.1) is 30.5 Å². The lowest BCUT2D eigenvalue weighted by Crippen LogP contribution is -1.93. The Hall–Kier alpha value is -1.53.